The van der Waals surface area contributed by atoms with E-state index in [4.69, 9.17) is 9.47 Å². The van der Waals surface area contributed by atoms with Crippen LogP contribution in [0.1, 0.15) is 19.8 Å². The number of carbonyl (C=O) groups is 1. The number of piperidine rings is 1. The zero-order valence-electron chi connectivity index (χ0n) is 12.5. The van der Waals surface area contributed by atoms with Crippen LogP contribution in [0.5, 0.6) is 5.88 Å². The number of aromatic nitrogens is 2. The maximum absolute atomic E-state index is 11.7. The van der Waals surface area contributed by atoms with Gasteiger partial charge in [-0.1, -0.05) is 0 Å². The highest BCUT2D eigenvalue weighted by molar-refractivity contribution is 5.77. The Morgan fingerprint density at radius 1 is 1.38 bits per heavy atom. The van der Waals surface area contributed by atoms with E-state index >= 15 is 0 Å². The summed E-state index contributed by atoms with van der Waals surface area (Å²) in [7, 11) is 1.54. The standard InChI is InChI=1S/C14H22N4O3/c1-3-21-14-13(15-6-7-16-14)17-11-4-8-18(9-5-11)12(19)10-20-2/h6-7,11H,3-5,8-10H2,1-2H3,(H,15,17). The minimum atomic E-state index is 0.0467. The van der Waals surface area contributed by atoms with E-state index in [2.05, 4.69) is 15.3 Å². The van der Waals surface area contributed by atoms with E-state index in [1.165, 1.54) is 7.11 Å². The minimum absolute atomic E-state index is 0.0467. The molecule has 1 N–H and O–H groups in total. The van der Waals surface area contributed by atoms with Gasteiger partial charge in [0.2, 0.25) is 5.91 Å². The largest absolute Gasteiger partial charge is 0.475 e. The molecule has 21 heavy (non-hydrogen) atoms. The SMILES string of the molecule is CCOc1nccnc1NC1CCN(C(=O)COC)CC1. The third kappa shape index (κ3) is 4.29. The molecule has 2 rings (SSSR count). The normalized spacial score (nSPS) is 15.8. The van der Waals surface area contributed by atoms with Crippen LogP contribution in [0.3, 0.4) is 0 Å². The van der Waals surface area contributed by atoms with E-state index in [1.54, 1.807) is 12.4 Å². The molecule has 1 saturated heterocycles. The number of likely N-dealkylation sites (tertiary alicyclic amines) is 1. The lowest BCUT2D eigenvalue weighted by atomic mass is 10.1. The smallest absolute Gasteiger partial charge is 0.257 e. The number of anilines is 1. The number of ether oxygens (including phenoxy) is 2. The second kappa shape index (κ2) is 7.78. The average molecular weight is 294 g/mol. The van der Waals surface area contributed by atoms with Crippen molar-refractivity contribution in [1.82, 2.24) is 14.9 Å². The summed E-state index contributed by atoms with van der Waals surface area (Å²) in [5, 5.41) is 3.36. The van der Waals surface area contributed by atoms with Crippen molar-refractivity contribution in [3.63, 3.8) is 0 Å². The van der Waals surface area contributed by atoms with Gasteiger partial charge in [-0.05, 0) is 19.8 Å². The number of amides is 1. The maximum Gasteiger partial charge on any atom is 0.257 e. The molecule has 1 fully saturated rings. The second-order valence-corrected chi connectivity index (χ2v) is 4.88. The van der Waals surface area contributed by atoms with Crippen LogP contribution in [-0.4, -0.2) is 60.2 Å². The van der Waals surface area contributed by atoms with E-state index in [9.17, 15) is 4.79 Å². The van der Waals surface area contributed by atoms with E-state index in [-0.39, 0.29) is 18.6 Å². The number of carbonyl (C=O) groups excluding carboxylic acids is 1. The lowest BCUT2D eigenvalue weighted by Crippen LogP contribution is -2.43. The zero-order chi connectivity index (χ0) is 15.1. The first-order valence-corrected chi connectivity index (χ1v) is 7.21. The molecule has 7 nitrogen and oxygen atoms in total. The molecule has 0 aromatic carbocycles. The quantitative estimate of drug-likeness (QED) is 0.841. The molecule has 2 heterocycles. The molecule has 7 heteroatoms. The summed E-state index contributed by atoms with van der Waals surface area (Å²) in [5.74, 6) is 1.24. The summed E-state index contributed by atoms with van der Waals surface area (Å²) in [5.41, 5.74) is 0. The van der Waals surface area contributed by atoms with Crippen molar-refractivity contribution in [2.24, 2.45) is 0 Å². The predicted octanol–water partition coefficient (Wildman–Crippen LogP) is 0.925. The van der Waals surface area contributed by atoms with Crippen LogP contribution in [0.25, 0.3) is 0 Å². The number of nitrogens with one attached hydrogen (secondary N) is 1. The first-order chi connectivity index (χ1) is 10.2. The highest BCUT2D eigenvalue weighted by Gasteiger charge is 2.23. The number of methoxy groups -OCH3 is 1. The van der Waals surface area contributed by atoms with Gasteiger partial charge >= 0.3 is 0 Å². The molecule has 1 amide bonds. The fraction of sp³-hybridized carbons (Fsp3) is 0.643. The van der Waals surface area contributed by atoms with Crippen molar-refractivity contribution in [2.75, 3.05) is 38.7 Å². The lowest BCUT2D eigenvalue weighted by Gasteiger charge is -2.32. The van der Waals surface area contributed by atoms with Crippen molar-refractivity contribution in [3.05, 3.63) is 12.4 Å². The number of hydrogen-bond acceptors (Lipinski definition) is 6. The molecule has 0 aliphatic carbocycles. The molecule has 116 valence electrons. The van der Waals surface area contributed by atoms with Crippen LogP contribution >= 0.6 is 0 Å². The fourth-order valence-corrected chi connectivity index (χ4v) is 2.35. The van der Waals surface area contributed by atoms with Crippen LogP contribution in [0.2, 0.25) is 0 Å². The molecule has 0 saturated carbocycles. The van der Waals surface area contributed by atoms with Gasteiger partial charge in [0.25, 0.3) is 5.88 Å². The maximum atomic E-state index is 11.7. The summed E-state index contributed by atoms with van der Waals surface area (Å²) >= 11 is 0. The molecule has 0 unspecified atom stereocenters. The Hall–Kier alpha value is -1.89. The Morgan fingerprint density at radius 2 is 2.10 bits per heavy atom. The van der Waals surface area contributed by atoms with Gasteiger partial charge in [-0.3, -0.25) is 4.79 Å². The van der Waals surface area contributed by atoms with Crippen LogP contribution in [0.4, 0.5) is 5.82 Å². The Kier molecular flexibility index (Phi) is 5.74. The highest BCUT2D eigenvalue weighted by atomic mass is 16.5. The van der Waals surface area contributed by atoms with Gasteiger partial charge in [0.05, 0.1) is 6.61 Å². The molecular formula is C14H22N4O3. The summed E-state index contributed by atoms with van der Waals surface area (Å²) in [6.45, 7) is 4.07. The summed E-state index contributed by atoms with van der Waals surface area (Å²) in [4.78, 5) is 22.0. The Bertz CT molecular complexity index is 461. The third-order valence-corrected chi connectivity index (χ3v) is 3.40. The molecule has 1 aliphatic rings. The van der Waals surface area contributed by atoms with Crippen molar-refractivity contribution in [1.29, 1.82) is 0 Å². The molecule has 0 bridgehead atoms. The third-order valence-electron chi connectivity index (χ3n) is 3.40. The Morgan fingerprint density at radius 3 is 2.76 bits per heavy atom. The number of nitrogens with zero attached hydrogens (tertiary/aromatic N) is 3. The molecule has 0 radical (unpaired) electrons. The first-order valence-electron chi connectivity index (χ1n) is 7.21. The van der Waals surface area contributed by atoms with Gasteiger partial charge in [0, 0.05) is 38.6 Å². The van der Waals surface area contributed by atoms with Crippen molar-refractivity contribution < 1.29 is 14.3 Å². The summed E-state index contributed by atoms with van der Waals surface area (Å²) < 4.78 is 10.3. The van der Waals surface area contributed by atoms with Crippen LogP contribution in [0.15, 0.2) is 12.4 Å². The van der Waals surface area contributed by atoms with Gasteiger partial charge in [0.15, 0.2) is 5.82 Å². The monoisotopic (exact) mass is 294 g/mol. The molecule has 0 spiro atoms. The second-order valence-electron chi connectivity index (χ2n) is 4.88. The van der Waals surface area contributed by atoms with Crippen LogP contribution < -0.4 is 10.1 Å². The molecular weight excluding hydrogens is 272 g/mol. The van der Waals surface area contributed by atoms with E-state index in [0.29, 0.717) is 18.3 Å². The van der Waals surface area contributed by atoms with Gasteiger partial charge in [-0.15, -0.1) is 0 Å². The van der Waals surface area contributed by atoms with E-state index < -0.39 is 0 Å². The molecule has 1 aromatic rings. The first kappa shape index (κ1) is 15.5. The molecule has 0 atom stereocenters. The lowest BCUT2D eigenvalue weighted by molar-refractivity contribution is -0.136. The fourth-order valence-electron chi connectivity index (χ4n) is 2.35. The van der Waals surface area contributed by atoms with Crippen LogP contribution in [0, 0.1) is 0 Å². The Labute approximate surface area is 124 Å². The van der Waals surface area contributed by atoms with Crippen LogP contribution in [-0.2, 0) is 9.53 Å². The van der Waals surface area contributed by atoms with Crippen molar-refractivity contribution >= 4 is 11.7 Å². The minimum Gasteiger partial charge on any atom is -0.475 e. The number of hydrogen-bond donors (Lipinski definition) is 1. The molecule has 1 aliphatic heterocycles. The van der Waals surface area contributed by atoms with E-state index in [0.717, 1.165) is 25.9 Å². The highest BCUT2D eigenvalue weighted by Crippen LogP contribution is 2.21. The van der Waals surface area contributed by atoms with E-state index in [1.807, 2.05) is 11.8 Å². The van der Waals surface area contributed by atoms with Gasteiger partial charge in [-0.2, -0.15) is 0 Å². The Balaban J connectivity index is 1.87. The van der Waals surface area contributed by atoms with Crippen molar-refractivity contribution in [3.8, 4) is 5.88 Å². The van der Waals surface area contributed by atoms with Gasteiger partial charge in [-0.25, -0.2) is 9.97 Å². The summed E-state index contributed by atoms with van der Waals surface area (Å²) in [6, 6.07) is 0.271. The summed E-state index contributed by atoms with van der Waals surface area (Å²) in [6.07, 6.45) is 5.00. The molecule has 1 aromatic heterocycles. The topological polar surface area (TPSA) is 76.6 Å². The van der Waals surface area contributed by atoms with Gasteiger partial charge < -0.3 is 19.7 Å². The number of rotatable bonds is 6. The van der Waals surface area contributed by atoms with Gasteiger partial charge in [0.1, 0.15) is 6.61 Å². The average Bonchev–Trinajstić information content (AvgIpc) is 2.50. The zero-order valence-corrected chi connectivity index (χ0v) is 12.5. The van der Waals surface area contributed by atoms with Crippen molar-refractivity contribution in [2.45, 2.75) is 25.8 Å². The predicted molar refractivity (Wildman–Crippen MR) is 78.3 cm³/mol.